The van der Waals surface area contributed by atoms with Gasteiger partial charge in [-0.15, -0.1) is 0 Å². The summed E-state index contributed by atoms with van der Waals surface area (Å²) in [4.78, 5) is 12.6. The number of hydrogen-bond acceptors (Lipinski definition) is 5. The summed E-state index contributed by atoms with van der Waals surface area (Å²) >= 11 is 5.87. The Hall–Kier alpha value is -3.30. The summed E-state index contributed by atoms with van der Waals surface area (Å²) in [5.74, 6) is -0.511. The second-order valence-corrected chi connectivity index (χ2v) is 9.21. The molecule has 0 heterocycles. The number of methoxy groups -OCH3 is 2. The Morgan fingerprint density at radius 1 is 0.970 bits per heavy atom. The van der Waals surface area contributed by atoms with Crippen LogP contribution in [-0.2, 0) is 21.4 Å². The van der Waals surface area contributed by atoms with Gasteiger partial charge in [0.1, 0.15) is 12.4 Å². The van der Waals surface area contributed by atoms with Crippen molar-refractivity contribution in [3.05, 3.63) is 83.1 Å². The first-order valence-corrected chi connectivity index (χ1v) is 11.6. The smallest absolute Gasteiger partial charge is 0.264 e. The van der Waals surface area contributed by atoms with Crippen LogP contribution in [0, 0.1) is 5.82 Å². The van der Waals surface area contributed by atoms with Crippen LogP contribution in [0.25, 0.3) is 0 Å². The maximum absolute atomic E-state index is 13.5. The highest BCUT2D eigenvalue weighted by Crippen LogP contribution is 2.32. The minimum Gasteiger partial charge on any atom is -0.493 e. The Morgan fingerprint density at radius 2 is 1.61 bits per heavy atom. The van der Waals surface area contributed by atoms with Gasteiger partial charge in [-0.25, -0.2) is 12.8 Å². The number of hydrogen-bond donors (Lipinski definition) is 1. The lowest BCUT2D eigenvalue weighted by atomic mass is 10.2. The zero-order valence-corrected chi connectivity index (χ0v) is 19.5. The molecule has 0 aliphatic heterocycles. The average molecular weight is 493 g/mol. The van der Waals surface area contributed by atoms with E-state index in [1.54, 1.807) is 24.3 Å². The fourth-order valence-electron chi connectivity index (χ4n) is 3.02. The lowest BCUT2D eigenvalue weighted by Gasteiger charge is -2.24. The first kappa shape index (κ1) is 24.3. The number of carbonyl (C=O) groups excluding carboxylic acids is 1. The van der Waals surface area contributed by atoms with Gasteiger partial charge in [-0.2, -0.15) is 0 Å². The molecular formula is C23H22ClFN2O5S. The quantitative estimate of drug-likeness (QED) is 0.488. The largest absolute Gasteiger partial charge is 0.493 e. The van der Waals surface area contributed by atoms with Crippen molar-refractivity contribution in [2.45, 2.75) is 11.4 Å². The van der Waals surface area contributed by atoms with Crippen molar-refractivity contribution in [3.8, 4) is 11.5 Å². The maximum Gasteiger partial charge on any atom is 0.264 e. The van der Waals surface area contributed by atoms with E-state index in [4.69, 9.17) is 21.1 Å². The molecule has 33 heavy (non-hydrogen) atoms. The first-order valence-electron chi connectivity index (χ1n) is 9.76. The van der Waals surface area contributed by atoms with Gasteiger partial charge in [0.15, 0.2) is 11.5 Å². The molecular weight excluding hydrogens is 471 g/mol. The van der Waals surface area contributed by atoms with Crippen molar-refractivity contribution >= 4 is 33.2 Å². The summed E-state index contributed by atoms with van der Waals surface area (Å²) in [7, 11) is -1.39. The van der Waals surface area contributed by atoms with Crippen LogP contribution in [0.4, 0.5) is 10.1 Å². The molecule has 0 unspecified atom stereocenters. The number of benzene rings is 3. The topological polar surface area (TPSA) is 84.9 Å². The van der Waals surface area contributed by atoms with Gasteiger partial charge in [0.25, 0.3) is 10.0 Å². The molecule has 3 aromatic rings. The molecule has 0 radical (unpaired) electrons. The SMILES string of the molecule is COc1ccc(S(=O)(=O)N(CC(=O)NCc2ccc(Cl)cc2)c2ccc(F)cc2)cc1OC. The van der Waals surface area contributed by atoms with E-state index in [-0.39, 0.29) is 22.9 Å². The zero-order valence-electron chi connectivity index (χ0n) is 17.9. The van der Waals surface area contributed by atoms with Gasteiger partial charge in [-0.3, -0.25) is 9.10 Å². The standard InChI is InChI=1S/C23H22ClFN2O5S/c1-31-21-12-11-20(13-22(21)32-2)33(29,30)27(19-9-7-18(25)8-10-19)15-23(28)26-14-16-3-5-17(24)6-4-16/h3-13H,14-15H2,1-2H3,(H,26,28). The monoisotopic (exact) mass is 492 g/mol. The number of nitrogens with zero attached hydrogens (tertiary/aromatic N) is 1. The third kappa shape index (κ3) is 5.94. The molecule has 0 fully saturated rings. The fraction of sp³-hybridized carbons (Fsp3) is 0.174. The molecule has 7 nitrogen and oxygen atoms in total. The molecule has 174 valence electrons. The highest BCUT2D eigenvalue weighted by Gasteiger charge is 2.28. The Morgan fingerprint density at radius 3 is 2.21 bits per heavy atom. The summed E-state index contributed by atoms with van der Waals surface area (Å²) in [6.07, 6.45) is 0. The summed E-state index contributed by atoms with van der Waals surface area (Å²) < 4.78 is 51.7. The van der Waals surface area contributed by atoms with Gasteiger partial charge >= 0.3 is 0 Å². The van der Waals surface area contributed by atoms with E-state index < -0.39 is 28.3 Å². The van der Waals surface area contributed by atoms with Gasteiger partial charge in [-0.05, 0) is 54.1 Å². The lowest BCUT2D eigenvalue weighted by molar-refractivity contribution is -0.119. The van der Waals surface area contributed by atoms with E-state index in [0.29, 0.717) is 10.8 Å². The second-order valence-electron chi connectivity index (χ2n) is 6.91. The molecule has 0 spiro atoms. The van der Waals surface area contributed by atoms with Crippen molar-refractivity contribution in [2.24, 2.45) is 0 Å². The molecule has 1 N–H and O–H groups in total. The Bertz CT molecular complexity index is 1220. The molecule has 0 atom stereocenters. The minimum atomic E-state index is -4.21. The van der Waals surface area contributed by atoms with Crippen LogP contribution in [0.15, 0.2) is 71.6 Å². The second kappa shape index (κ2) is 10.5. The summed E-state index contributed by atoms with van der Waals surface area (Å²) in [5.41, 5.74) is 0.927. The van der Waals surface area contributed by atoms with Crippen LogP contribution in [0.5, 0.6) is 11.5 Å². The molecule has 3 rings (SSSR count). The van der Waals surface area contributed by atoms with Crippen LogP contribution >= 0.6 is 11.6 Å². The van der Waals surface area contributed by atoms with Crippen molar-refractivity contribution in [1.29, 1.82) is 0 Å². The van der Waals surface area contributed by atoms with Crippen molar-refractivity contribution in [1.82, 2.24) is 5.32 Å². The number of anilines is 1. The van der Waals surface area contributed by atoms with Crippen molar-refractivity contribution < 1.29 is 27.1 Å². The molecule has 0 aliphatic rings. The number of rotatable bonds is 9. The van der Waals surface area contributed by atoms with Gasteiger partial charge < -0.3 is 14.8 Å². The minimum absolute atomic E-state index is 0.116. The van der Waals surface area contributed by atoms with Gasteiger partial charge in [-0.1, -0.05) is 23.7 Å². The van der Waals surface area contributed by atoms with Crippen LogP contribution in [-0.4, -0.2) is 35.1 Å². The van der Waals surface area contributed by atoms with Crippen LogP contribution in [0.1, 0.15) is 5.56 Å². The number of ether oxygens (including phenoxy) is 2. The average Bonchev–Trinajstić information content (AvgIpc) is 2.82. The highest BCUT2D eigenvalue weighted by atomic mass is 35.5. The van der Waals surface area contributed by atoms with Gasteiger partial charge in [0.2, 0.25) is 5.91 Å². The highest BCUT2D eigenvalue weighted by molar-refractivity contribution is 7.92. The number of carbonyl (C=O) groups is 1. The van der Waals surface area contributed by atoms with E-state index in [1.807, 2.05) is 0 Å². The summed E-state index contributed by atoms with van der Waals surface area (Å²) in [5, 5.41) is 3.25. The predicted octanol–water partition coefficient (Wildman–Crippen LogP) is 4.01. The van der Waals surface area contributed by atoms with E-state index in [2.05, 4.69) is 5.32 Å². The van der Waals surface area contributed by atoms with Crippen molar-refractivity contribution in [2.75, 3.05) is 25.1 Å². The van der Waals surface area contributed by atoms with E-state index in [1.165, 1.54) is 44.6 Å². The molecule has 0 aromatic heterocycles. The zero-order chi connectivity index (χ0) is 24.0. The van der Waals surface area contributed by atoms with E-state index >= 15 is 0 Å². The summed E-state index contributed by atoms with van der Waals surface area (Å²) in [6, 6.07) is 15.8. The number of nitrogens with one attached hydrogen (secondary N) is 1. The number of sulfonamides is 1. The Balaban J connectivity index is 1.90. The lowest BCUT2D eigenvalue weighted by Crippen LogP contribution is -2.40. The molecule has 1 amide bonds. The van der Waals surface area contributed by atoms with Crippen LogP contribution in [0.2, 0.25) is 5.02 Å². The molecule has 3 aromatic carbocycles. The van der Waals surface area contributed by atoms with Crippen molar-refractivity contribution in [3.63, 3.8) is 0 Å². The Labute approximate surface area is 196 Å². The molecule has 0 saturated heterocycles. The van der Waals surface area contributed by atoms with E-state index in [0.717, 1.165) is 22.0 Å². The van der Waals surface area contributed by atoms with Gasteiger partial charge in [0.05, 0.1) is 24.8 Å². The normalized spacial score (nSPS) is 11.0. The van der Waals surface area contributed by atoms with Gasteiger partial charge in [0, 0.05) is 17.6 Å². The maximum atomic E-state index is 13.5. The molecule has 0 aliphatic carbocycles. The van der Waals surface area contributed by atoms with E-state index in [9.17, 15) is 17.6 Å². The summed E-state index contributed by atoms with van der Waals surface area (Å²) in [6.45, 7) is -0.334. The number of amides is 1. The predicted molar refractivity (Wildman–Crippen MR) is 124 cm³/mol. The first-order chi connectivity index (χ1) is 15.7. The molecule has 10 heteroatoms. The Kier molecular flexibility index (Phi) is 7.78. The third-order valence-electron chi connectivity index (χ3n) is 4.75. The molecule has 0 saturated carbocycles. The van der Waals surface area contributed by atoms with Crippen LogP contribution < -0.4 is 19.1 Å². The fourth-order valence-corrected chi connectivity index (χ4v) is 4.58. The third-order valence-corrected chi connectivity index (χ3v) is 6.77. The number of halogens is 2. The molecule has 0 bridgehead atoms. The van der Waals surface area contributed by atoms with Crippen LogP contribution in [0.3, 0.4) is 0 Å².